The minimum Gasteiger partial charge on any atom is -0.454 e. The van der Waals surface area contributed by atoms with Gasteiger partial charge in [0.25, 0.3) is 5.91 Å². The number of hydrogen-bond donors (Lipinski definition) is 1. The van der Waals surface area contributed by atoms with Crippen molar-refractivity contribution in [2.75, 3.05) is 17.4 Å². The molecule has 1 atom stereocenters. The molecule has 0 saturated heterocycles. The Labute approximate surface area is 197 Å². The van der Waals surface area contributed by atoms with Crippen molar-refractivity contribution in [3.8, 4) is 11.5 Å². The summed E-state index contributed by atoms with van der Waals surface area (Å²) < 4.78 is 10.8. The lowest BCUT2D eigenvalue weighted by Crippen LogP contribution is -2.38. The van der Waals surface area contributed by atoms with Gasteiger partial charge in [0.05, 0.1) is 11.4 Å². The average molecular weight is 466 g/mol. The van der Waals surface area contributed by atoms with Crippen molar-refractivity contribution in [2.24, 2.45) is 10.9 Å². The van der Waals surface area contributed by atoms with Crippen molar-refractivity contribution in [3.63, 3.8) is 0 Å². The SMILES string of the molecule is Cc1ccc(N2C(=O)/C(=C/c3ccc4c(c3)OCO4)N=C2SCC(=O)N[C@H](C)C(C)C)cc1. The first-order chi connectivity index (χ1) is 15.8. The predicted octanol–water partition coefficient (Wildman–Crippen LogP) is 4.36. The van der Waals surface area contributed by atoms with E-state index in [1.54, 1.807) is 11.0 Å². The van der Waals surface area contributed by atoms with E-state index in [2.05, 4.69) is 24.2 Å². The fraction of sp³-hybridized carbons (Fsp3) is 0.320. The lowest BCUT2D eigenvalue weighted by atomic mass is 10.1. The topological polar surface area (TPSA) is 80.2 Å². The smallest absolute Gasteiger partial charge is 0.283 e. The van der Waals surface area contributed by atoms with Crippen LogP contribution in [0.4, 0.5) is 5.69 Å². The summed E-state index contributed by atoms with van der Waals surface area (Å²) in [6.45, 7) is 8.28. The fourth-order valence-electron chi connectivity index (χ4n) is 3.27. The molecule has 0 fully saturated rings. The molecule has 2 aliphatic heterocycles. The quantitative estimate of drug-likeness (QED) is 0.641. The van der Waals surface area contributed by atoms with E-state index >= 15 is 0 Å². The first kappa shape index (κ1) is 22.9. The van der Waals surface area contributed by atoms with E-state index in [0.717, 1.165) is 11.1 Å². The maximum Gasteiger partial charge on any atom is 0.283 e. The zero-order valence-corrected chi connectivity index (χ0v) is 19.9. The van der Waals surface area contributed by atoms with Crippen molar-refractivity contribution < 1.29 is 19.1 Å². The summed E-state index contributed by atoms with van der Waals surface area (Å²) in [6, 6.07) is 13.2. The summed E-state index contributed by atoms with van der Waals surface area (Å²) in [5.74, 6) is 1.49. The molecule has 2 heterocycles. The third kappa shape index (κ3) is 5.22. The molecule has 172 valence electrons. The molecule has 1 N–H and O–H groups in total. The second kappa shape index (κ2) is 9.70. The first-order valence-electron chi connectivity index (χ1n) is 10.8. The molecule has 4 rings (SSSR count). The Kier molecular flexibility index (Phi) is 6.74. The molecule has 2 aliphatic rings. The van der Waals surface area contributed by atoms with Crippen molar-refractivity contribution in [1.29, 1.82) is 0 Å². The molecule has 0 spiro atoms. The minimum atomic E-state index is -0.241. The van der Waals surface area contributed by atoms with Crippen LogP contribution in [0.3, 0.4) is 0 Å². The van der Waals surface area contributed by atoms with Crippen LogP contribution in [0.5, 0.6) is 11.5 Å². The van der Waals surface area contributed by atoms with Gasteiger partial charge in [-0.1, -0.05) is 49.4 Å². The van der Waals surface area contributed by atoms with Gasteiger partial charge in [0, 0.05) is 6.04 Å². The maximum atomic E-state index is 13.3. The number of fused-ring (bicyclic) bond motifs is 1. The van der Waals surface area contributed by atoms with Gasteiger partial charge >= 0.3 is 0 Å². The molecule has 0 aliphatic carbocycles. The number of benzene rings is 2. The molecule has 0 bridgehead atoms. The monoisotopic (exact) mass is 465 g/mol. The first-order valence-corrected chi connectivity index (χ1v) is 11.8. The van der Waals surface area contributed by atoms with Crippen molar-refractivity contribution >= 4 is 40.5 Å². The number of aliphatic imine (C=N–C) groups is 1. The van der Waals surface area contributed by atoms with Crippen LogP contribution in [0.2, 0.25) is 0 Å². The van der Waals surface area contributed by atoms with Gasteiger partial charge in [-0.15, -0.1) is 0 Å². The summed E-state index contributed by atoms with van der Waals surface area (Å²) in [5, 5.41) is 3.47. The van der Waals surface area contributed by atoms with Crippen molar-refractivity contribution in [1.82, 2.24) is 5.32 Å². The van der Waals surface area contributed by atoms with E-state index in [0.29, 0.717) is 34.0 Å². The van der Waals surface area contributed by atoms with Gasteiger partial charge in [0.2, 0.25) is 12.7 Å². The number of carbonyl (C=O) groups excluding carboxylic acids is 2. The Hall–Kier alpha value is -3.26. The molecule has 0 radical (unpaired) electrons. The van der Waals surface area contributed by atoms with Crippen LogP contribution < -0.4 is 19.7 Å². The van der Waals surface area contributed by atoms with Crippen LogP contribution in [-0.2, 0) is 9.59 Å². The number of nitrogens with one attached hydrogen (secondary N) is 1. The zero-order valence-electron chi connectivity index (χ0n) is 19.1. The Morgan fingerprint density at radius 2 is 1.88 bits per heavy atom. The van der Waals surface area contributed by atoms with Crippen LogP contribution in [0.1, 0.15) is 31.9 Å². The molecule has 0 saturated carbocycles. The number of rotatable bonds is 6. The number of nitrogens with zero attached hydrogens (tertiary/aromatic N) is 2. The third-order valence-electron chi connectivity index (χ3n) is 5.54. The molecular formula is C25H27N3O4S. The number of amides is 2. The number of amidine groups is 1. The number of carbonyl (C=O) groups is 2. The zero-order chi connectivity index (χ0) is 23.5. The van der Waals surface area contributed by atoms with Gasteiger partial charge in [0.1, 0.15) is 5.70 Å². The molecule has 33 heavy (non-hydrogen) atoms. The van der Waals surface area contributed by atoms with Gasteiger partial charge in [-0.25, -0.2) is 4.99 Å². The molecule has 0 unspecified atom stereocenters. The Bertz CT molecular complexity index is 1120. The fourth-order valence-corrected chi connectivity index (χ4v) is 4.09. The predicted molar refractivity (Wildman–Crippen MR) is 132 cm³/mol. The van der Waals surface area contributed by atoms with Crippen molar-refractivity contribution in [3.05, 3.63) is 59.3 Å². The van der Waals surface area contributed by atoms with Gasteiger partial charge < -0.3 is 14.8 Å². The second-order valence-corrected chi connectivity index (χ2v) is 9.34. The van der Waals surface area contributed by atoms with Gasteiger partial charge in [-0.05, 0) is 55.7 Å². The number of hydrogen-bond acceptors (Lipinski definition) is 6. The van der Waals surface area contributed by atoms with E-state index < -0.39 is 0 Å². The maximum absolute atomic E-state index is 13.3. The van der Waals surface area contributed by atoms with E-state index in [1.807, 2.05) is 56.3 Å². The van der Waals surface area contributed by atoms with E-state index in [-0.39, 0.29) is 30.4 Å². The molecule has 2 aromatic rings. The summed E-state index contributed by atoms with van der Waals surface area (Å²) in [6.07, 6.45) is 1.72. The standard InChI is InChI=1S/C25H27N3O4S/c1-15(2)17(4)26-23(29)13-33-25-27-20(11-18-7-10-21-22(12-18)32-14-31-21)24(30)28(25)19-8-5-16(3)6-9-19/h5-12,15,17H,13-14H2,1-4H3,(H,26,29)/b20-11-/t17-/m1/s1. The Balaban J connectivity index is 1.59. The van der Waals surface area contributed by atoms with Gasteiger partial charge in [-0.3, -0.25) is 14.5 Å². The number of anilines is 1. The third-order valence-corrected chi connectivity index (χ3v) is 6.48. The molecule has 2 aromatic carbocycles. The van der Waals surface area contributed by atoms with Gasteiger partial charge in [0.15, 0.2) is 16.7 Å². The van der Waals surface area contributed by atoms with Crippen LogP contribution >= 0.6 is 11.8 Å². The summed E-state index contributed by atoms with van der Waals surface area (Å²) in [5.41, 5.74) is 2.88. The normalized spacial score (nSPS) is 17.0. The van der Waals surface area contributed by atoms with Crippen LogP contribution in [-0.4, -0.2) is 35.6 Å². The van der Waals surface area contributed by atoms with Gasteiger partial charge in [-0.2, -0.15) is 0 Å². The number of aryl methyl sites for hydroxylation is 1. The van der Waals surface area contributed by atoms with Crippen LogP contribution in [0.25, 0.3) is 6.08 Å². The number of thioether (sulfide) groups is 1. The summed E-state index contributed by atoms with van der Waals surface area (Å²) in [4.78, 5) is 31.9. The lowest BCUT2D eigenvalue weighted by molar-refractivity contribution is -0.119. The molecule has 2 amide bonds. The average Bonchev–Trinajstić information content (AvgIpc) is 3.37. The molecule has 0 aromatic heterocycles. The largest absolute Gasteiger partial charge is 0.454 e. The molecular weight excluding hydrogens is 438 g/mol. The summed E-state index contributed by atoms with van der Waals surface area (Å²) >= 11 is 1.25. The van der Waals surface area contributed by atoms with E-state index in [4.69, 9.17) is 9.47 Å². The lowest BCUT2D eigenvalue weighted by Gasteiger charge is -2.19. The van der Waals surface area contributed by atoms with Crippen molar-refractivity contribution in [2.45, 2.75) is 33.7 Å². The molecule has 7 nitrogen and oxygen atoms in total. The van der Waals surface area contributed by atoms with E-state index in [1.165, 1.54) is 11.8 Å². The van der Waals surface area contributed by atoms with Crippen LogP contribution in [0.15, 0.2) is 53.2 Å². The highest BCUT2D eigenvalue weighted by Gasteiger charge is 2.32. The highest BCUT2D eigenvalue weighted by molar-refractivity contribution is 8.14. The minimum absolute atomic E-state index is 0.0694. The van der Waals surface area contributed by atoms with Crippen LogP contribution in [0, 0.1) is 12.8 Å². The molecule has 8 heteroatoms. The number of ether oxygens (including phenoxy) is 2. The highest BCUT2D eigenvalue weighted by Crippen LogP contribution is 2.34. The highest BCUT2D eigenvalue weighted by atomic mass is 32.2. The Morgan fingerprint density at radius 3 is 2.61 bits per heavy atom. The second-order valence-electron chi connectivity index (χ2n) is 8.40. The Morgan fingerprint density at radius 1 is 1.15 bits per heavy atom. The van der Waals surface area contributed by atoms with E-state index in [9.17, 15) is 9.59 Å². The summed E-state index contributed by atoms with van der Waals surface area (Å²) in [7, 11) is 0.